The minimum Gasteiger partial charge on any atom is -0.353 e. The van der Waals surface area contributed by atoms with Gasteiger partial charge in [-0.1, -0.05) is 12.8 Å². The number of hydrogen-bond donors (Lipinski definition) is 1. The van der Waals surface area contributed by atoms with Gasteiger partial charge in [0, 0.05) is 32.1 Å². The van der Waals surface area contributed by atoms with Crippen molar-refractivity contribution < 1.29 is 19.2 Å². The lowest BCUT2D eigenvalue weighted by Crippen LogP contribution is -2.25. The molecule has 1 heterocycles. The Labute approximate surface area is 124 Å². The van der Waals surface area contributed by atoms with E-state index in [1.807, 2.05) is 4.90 Å². The van der Waals surface area contributed by atoms with E-state index in [9.17, 15) is 19.2 Å². The molecule has 1 fully saturated rings. The fraction of sp³-hybridized carbons (Fsp3) is 0.600. The molecule has 1 aliphatic heterocycles. The largest absolute Gasteiger partial charge is 0.353 e. The van der Waals surface area contributed by atoms with E-state index >= 15 is 0 Å². The third-order valence-corrected chi connectivity index (χ3v) is 3.34. The minimum atomic E-state index is -0.721. The second-order valence-electron chi connectivity index (χ2n) is 5.04. The van der Waals surface area contributed by atoms with E-state index < -0.39 is 5.78 Å². The molecular weight excluding hydrogens is 272 g/mol. The van der Waals surface area contributed by atoms with Crippen LogP contribution in [0.4, 0.5) is 0 Å². The molecule has 0 aromatic rings. The molecule has 116 valence electrons. The SMILES string of the molecule is O=CC(=O)/C=C\C(=O)NCCCCCCN1CCCC1=O. The highest BCUT2D eigenvalue weighted by Crippen LogP contribution is 2.11. The summed E-state index contributed by atoms with van der Waals surface area (Å²) in [4.78, 5) is 45.2. The molecule has 0 aromatic carbocycles. The van der Waals surface area contributed by atoms with Crippen molar-refractivity contribution in [3.8, 4) is 0 Å². The summed E-state index contributed by atoms with van der Waals surface area (Å²) in [6, 6.07) is 0. The predicted molar refractivity (Wildman–Crippen MR) is 77.5 cm³/mol. The van der Waals surface area contributed by atoms with E-state index in [1.54, 1.807) is 0 Å². The number of amides is 2. The second-order valence-corrected chi connectivity index (χ2v) is 5.04. The van der Waals surface area contributed by atoms with E-state index in [1.165, 1.54) is 0 Å². The number of nitrogens with zero attached hydrogens (tertiary/aromatic N) is 1. The smallest absolute Gasteiger partial charge is 0.244 e. The summed E-state index contributed by atoms with van der Waals surface area (Å²) in [6.45, 7) is 2.27. The zero-order valence-electron chi connectivity index (χ0n) is 12.2. The topological polar surface area (TPSA) is 83.6 Å². The lowest BCUT2D eigenvalue weighted by Gasteiger charge is -2.14. The summed E-state index contributed by atoms with van der Waals surface area (Å²) in [5.41, 5.74) is 0. The van der Waals surface area contributed by atoms with Crippen LogP contribution in [0, 0.1) is 0 Å². The molecule has 2 amide bonds. The number of hydrogen-bond acceptors (Lipinski definition) is 4. The van der Waals surface area contributed by atoms with Gasteiger partial charge < -0.3 is 10.2 Å². The van der Waals surface area contributed by atoms with Crippen LogP contribution in [0.3, 0.4) is 0 Å². The molecule has 1 saturated heterocycles. The maximum atomic E-state index is 11.4. The zero-order chi connectivity index (χ0) is 15.5. The van der Waals surface area contributed by atoms with Gasteiger partial charge in [-0.15, -0.1) is 0 Å². The number of nitrogens with one attached hydrogen (secondary N) is 1. The van der Waals surface area contributed by atoms with Crippen LogP contribution >= 0.6 is 0 Å². The van der Waals surface area contributed by atoms with Crippen molar-refractivity contribution in [3.63, 3.8) is 0 Å². The number of carbonyl (C=O) groups excluding carboxylic acids is 4. The van der Waals surface area contributed by atoms with Crippen molar-refractivity contribution in [2.24, 2.45) is 0 Å². The van der Waals surface area contributed by atoms with Crippen LogP contribution in [-0.4, -0.2) is 48.4 Å². The first-order valence-electron chi connectivity index (χ1n) is 7.36. The average Bonchev–Trinajstić information content (AvgIpc) is 2.89. The van der Waals surface area contributed by atoms with Gasteiger partial charge in [0.05, 0.1) is 0 Å². The van der Waals surface area contributed by atoms with E-state index in [-0.39, 0.29) is 18.1 Å². The number of aldehydes is 1. The molecule has 0 saturated carbocycles. The Morgan fingerprint density at radius 2 is 1.90 bits per heavy atom. The standard InChI is InChI=1S/C15H22N2O4/c18-12-13(19)7-8-14(20)16-9-3-1-2-4-10-17-11-5-6-15(17)21/h7-8,12H,1-6,9-11H2,(H,16,20)/b8-7-. The van der Waals surface area contributed by atoms with E-state index in [0.29, 0.717) is 13.0 Å². The normalized spacial score (nSPS) is 14.7. The molecule has 1 N–H and O–H groups in total. The van der Waals surface area contributed by atoms with Gasteiger partial charge >= 0.3 is 0 Å². The van der Waals surface area contributed by atoms with E-state index in [4.69, 9.17) is 0 Å². The second kappa shape index (κ2) is 9.85. The van der Waals surface area contributed by atoms with E-state index in [0.717, 1.165) is 57.3 Å². The number of ketones is 1. The summed E-state index contributed by atoms with van der Waals surface area (Å²) in [5.74, 6) is -0.826. The Hall–Kier alpha value is -1.98. The minimum absolute atomic E-state index is 0.162. The zero-order valence-corrected chi connectivity index (χ0v) is 12.2. The number of unbranched alkanes of at least 4 members (excludes halogenated alkanes) is 3. The Morgan fingerprint density at radius 3 is 2.57 bits per heavy atom. The fourth-order valence-electron chi connectivity index (χ4n) is 2.19. The van der Waals surface area contributed by atoms with E-state index in [2.05, 4.69) is 5.32 Å². The highest BCUT2D eigenvalue weighted by molar-refractivity contribution is 6.31. The molecule has 0 spiro atoms. The maximum Gasteiger partial charge on any atom is 0.244 e. The fourth-order valence-corrected chi connectivity index (χ4v) is 2.19. The molecule has 0 aliphatic carbocycles. The van der Waals surface area contributed by atoms with Crippen LogP contribution in [0.1, 0.15) is 38.5 Å². The molecular formula is C15H22N2O4. The van der Waals surface area contributed by atoms with Crippen molar-refractivity contribution in [3.05, 3.63) is 12.2 Å². The van der Waals surface area contributed by atoms with Crippen LogP contribution in [-0.2, 0) is 19.2 Å². The van der Waals surface area contributed by atoms with Gasteiger partial charge in [0.2, 0.25) is 17.6 Å². The number of likely N-dealkylation sites (tertiary alicyclic amines) is 1. The van der Waals surface area contributed by atoms with Gasteiger partial charge in [-0.05, 0) is 25.3 Å². The first kappa shape index (κ1) is 17.1. The molecule has 0 unspecified atom stereocenters. The van der Waals surface area contributed by atoms with Crippen molar-refractivity contribution in [1.82, 2.24) is 10.2 Å². The quantitative estimate of drug-likeness (QED) is 0.277. The summed E-state index contributed by atoms with van der Waals surface area (Å²) < 4.78 is 0. The molecule has 6 heteroatoms. The Balaban J connectivity index is 1.95. The summed E-state index contributed by atoms with van der Waals surface area (Å²) in [5, 5.41) is 2.64. The average molecular weight is 294 g/mol. The predicted octanol–water partition coefficient (Wildman–Crippen LogP) is 0.610. The summed E-state index contributed by atoms with van der Waals surface area (Å²) >= 11 is 0. The van der Waals surface area contributed by atoms with Crippen molar-refractivity contribution >= 4 is 23.9 Å². The third-order valence-electron chi connectivity index (χ3n) is 3.34. The lowest BCUT2D eigenvalue weighted by molar-refractivity contribution is -0.127. The van der Waals surface area contributed by atoms with Crippen LogP contribution in [0.5, 0.6) is 0 Å². The maximum absolute atomic E-state index is 11.4. The highest BCUT2D eigenvalue weighted by Gasteiger charge is 2.18. The van der Waals surface area contributed by atoms with Gasteiger partial charge in [0.1, 0.15) is 0 Å². The third kappa shape index (κ3) is 7.39. The van der Waals surface area contributed by atoms with Gasteiger partial charge in [-0.25, -0.2) is 0 Å². The first-order chi connectivity index (χ1) is 10.1. The molecule has 21 heavy (non-hydrogen) atoms. The highest BCUT2D eigenvalue weighted by atomic mass is 16.2. The molecule has 1 rings (SSSR count). The van der Waals surface area contributed by atoms with Gasteiger partial charge in [0.15, 0.2) is 6.29 Å². The Bertz CT molecular complexity index is 418. The lowest BCUT2D eigenvalue weighted by atomic mass is 10.2. The van der Waals surface area contributed by atoms with Crippen LogP contribution in [0.25, 0.3) is 0 Å². The Kier molecular flexibility index (Phi) is 8.01. The molecule has 0 bridgehead atoms. The number of rotatable bonds is 10. The molecule has 0 atom stereocenters. The monoisotopic (exact) mass is 294 g/mol. The van der Waals surface area contributed by atoms with Crippen LogP contribution < -0.4 is 5.32 Å². The van der Waals surface area contributed by atoms with Crippen molar-refractivity contribution in [1.29, 1.82) is 0 Å². The van der Waals surface area contributed by atoms with Gasteiger partial charge in [-0.3, -0.25) is 19.2 Å². The van der Waals surface area contributed by atoms with Crippen molar-refractivity contribution in [2.75, 3.05) is 19.6 Å². The number of carbonyl (C=O) groups is 4. The first-order valence-corrected chi connectivity index (χ1v) is 7.36. The Morgan fingerprint density at radius 1 is 1.14 bits per heavy atom. The summed E-state index contributed by atoms with van der Waals surface area (Å²) in [6.07, 6.45) is 7.71. The summed E-state index contributed by atoms with van der Waals surface area (Å²) in [7, 11) is 0. The van der Waals surface area contributed by atoms with Gasteiger partial charge in [0.25, 0.3) is 0 Å². The molecule has 1 aliphatic rings. The molecule has 0 aromatic heterocycles. The van der Waals surface area contributed by atoms with Gasteiger partial charge in [-0.2, -0.15) is 0 Å². The van der Waals surface area contributed by atoms with Crippen molar-refractivity contribution in [2.45, 2.75) is 38.5 Å². The van der Waals surface area contributed by atoms with Crippen LogP contribution in [0.15, 0.2) is 12.2 Å². The molecule has 6 nitrogen and oxygen atoms in total. The molecule has 0 radical (unpaired) electrons. The number of allylic oxidation sites excluding steroid dienone is 1. The van der Waals surface area contributed by atoms with Crippen LogP contribution in [0.2, 0.25) is 0 Å².